The van der Waals surface area contributed by atoms with Crippen molar-refractivity contribution in [2.45, 2.75) is 19.3 Å². The Kier molecular flexibility index (Phi) is 3.24. The summed E-state index contributed by atoms with van der Waals surface area (Å²) in [5.74, 6) is 6.77. The van der Waals surface area contributed by atoms with Crippen LogP contribution in [0.5, 0.6) is 0 Å². The van der Waals surface area contributed by atoms with Gasteiger partial charge in [-0.25, -0.2) is 0 Å². The number of benzene rings is 4. The second-order valence-electron chi connectivity index (χ2n) is 10.9. The van der Waals surface area contributed by atoms with Crippen LogP contribution in [0.2, 0.25) is 0 Å². The van der Waals surface area contributed by atoms with Crippen molar-refractivity contribution < 1.29 is 0 Å². The van der Waals surface area contributed by atoms with Gasteiger partial charge in [0.05, 0.1) is 33.3 Å². The number of nitrogen functional groups attached to an aromatic ring is 1. The first-order chi connectivity index (χ1) is 18.1. The zero-order valence-electron chi connectivity index (χ0n) is 20.7. The molecule has 2 N–H and O–H groups in total. The molecule has 1 aliphatic rings. The van der Waals surface area contributed by atoms with Crippen molar-refractivity contribution in [3.63, 3.8) is 0 Å². The minimum absolute atomic E-state index is 0.157. The number of hydrogen-bond donors (Lipinski definition) is 1. The molecule has 0 saturated carbocycles. The van der Waals surface area contributed by atoms with E-state index in [9.17, 15) is 0 Å². The van der Waals surface area contributed by atoms with Gasteiger partial charge >= 0.3 is 0 Å². The lowest BCUT2D eigenvalue weighted by Crippen LogP contribution is -2.15. The van der Waals surface area contributed by atoms with Gasteiger partial charge in [-0.1, -0.05) is 68.4 Å². The summed E-state index contributed by atoms with van der Waals surface area (Å²) < 4.78 is 6.74. The molecule has 0 unspecified atom stereocenters. The van der Waals surface area contributed by atoms with Crippen LogP contribution in [-0.2, 0) is 5.41 Å². The van der Waals surface area contributed by atoms with Crippen molar-refractivity contribution in [1.82, 2.24) is 13.6 Å². The highest BCUT2D eigenvalue weighted by molar-refractivity contribution is 6.30. The predicted molar refractivity (Wildman–Crippen MR) is 154 cm³/mol. The van der Waals surface area contributed by atoms with Crippen LogP contribution in [0.4, 0.5) is 0 Å². The Bertz CT molecular complexity index is 2220. The van der Waals surface area contributed by atoms with Crippen molar-refractivity contribution in [3.8, 4) is 16.9 Å². The van der Waals surface area contributed by atoms with Gasteiger partial charge < -0.3 is 14.8 Å². The maximum Gasteiger partial charge on any atom is 0.0792 e. The summed E-state index contributed by atoms with van der Waals surface area (Å²) >= 11 is 0. The van der Waals surface area contributed by atoms with Crippen molar-refractivity contribution in [3.05, 3.63) is 108 Å². The highest BCUT2D eigenvalue weighted by atomic mass is 15.3. The van der Waals surface area contributed by atoms with Gasteiger partial charge in [-0.15, -0.1) is 0 Å². The highest BCUT2D eigenvalue weighted by Gasteiger charge is 2.39. The molecule has 0 radical (unpaired) electrons. The van der Waals surface area contributed by atoms with E-state index >= 15 is 0 Å². The number of nitrogens with zero attached hydrogens (tertiary/aromatic N) is 3. The fourth-order valence-electron chi connectivity index (χ4n) is 7.32. The predicted octanol–water partition coefficient (Wildman–Crippen LogP) is 7.60. The van der Waals surface area contributed by atoms with Crippen LogP contribution in [0, 0.1) is 0 Å². The fraction of sp³-hybridized carbons (Fsp3) is 0.0909. The maximum absolute atomic E-state index is 6.77. The average molecular weight is 477 g/mol. The number of fused-ring (bicyclic) bond motifs is 8. The number of hydrogen-bond acceptors (Lipinski definition) is 1. The Balaban J connectivity index is 1.67. The van der Waals surface area contributed by atoms with Crippen LogP contribution in [0.25, 0.3) is 66.1 Å². The molecular formula is C33H24N4. The van der Waals surface area contributed by atoms with Crippen molar-refractivity contribution in [2.24, 2.45) is 0 Å². The van der Waals surface area contributed by atoms with E-state index in [1.165, 1.54) is 60.5 Å². The zero-order valence-corrected chi connectivity index (χ0v) is 20.7. The second-order valence-corrected chi connectivity index (χ2v) is 10.9. The monoisotopic (exact) mass is 476 g/mol. The standard InChI is InChI=1S/C33H24N4/c1-33(2)23-13-7-6-11-20(23)32-29(33)21-12-8-14-24-27(21)28-25(37(24)34)16-15-22-30-26(36(32)31(22)28)17-18-35(30)19-9-4-3-5-10-19/h3-18H,34H2,1-2H3. The van der Waals surface area contributed by atoms with Crippen LogP contribution >= 0.6 is 0 Å². The summed E-state index contributed by atoms with van der Waals surface area (Å²) in [7, 11) is 0. The molecule has 4 nitrogen and oxygen atoms in total. The summed E-state index contributed by atoms with van der Waals surface area (Å²) in [5, 5.41) is 5.03. The smallest absolute Gasteiger partial charge is 0.0792 e. The summed E-state index contributed by atoms with van der Waals surface area (Å²) in [6.45, 7) is 4.74. The lowest BCUT2D eigenvalue weighted by molar-refractivity contribution is 0.665. The molecule has 8 aromatic rings. The molecule has 0 aliphatic heterocycles. The van der Waals surface area contributed by atoms with Gasteiger partial charge in [0.1, 0.15) is 0 Å². The van der Waals surface area contributed by atoms with E-state index in [-0.39, 0.29) is 5.41 Å². The third-order valence-electron chi connectivity index (χ3n) is 8.80. The summed E-state index contributed by atoms with van der Waals surface area (Å²) in [6, 6.07) is 32.9. The molecule has 4 heteroatoms. The average Bonchev–Trinajstić information content (AvgIpc) is 3.60. The van der Waals surface area contributed by atoms with Gasteiger partial charge in [0, 0.05) is 39.0 Å². The minimum atomic E-state index is -0.157. The number of aromatic nitrogens is 3. The van der Waals surface area contributed by atoms with E-state index in [1.54, 1.807) is 0 Å². The number of nitrogens with two attached hydrogens (primary N) is 1. The molecule has 0 fully saturated rings. The molecule has 0 bridgehead atoms. The van der Waals surface area contributed by atoms with Gasteiger partial charge in [-0.3, -0.25) is 4.68 Å². The van der Waals surface area contributed by atoms with Crippen LogP contribution in [0.3, 0.4) is 0 Å². The quantitative estimate of drug-likeness (QED) is 0.243. The van der Waals surface area contributed by atoms with Gasteiger partial charge in [-0.2, -0.15) is 0 Å². The van der Waals surface area contributed by atoms with Gasteiger partial charge in [0.2, 0.25) is 0 Å². The third-order valence-corrected chi connectivity index (χ3v) is 8.80. The first kappa shape index (κ1) is 19.5. The summed E-state index contributed by atoms with van der Waals surface area (Å²) in [6.07, 6.45) is 2.21. The molecule has 0 spiro atoms. The van der Waals surface area contributed by atoms with Crippen LogP contribution in [-0.4, -0.2) is 13.6 Å². The third kappa shape index (κ3) is 2.06. The number of para-hydroxylation sites is 1. The molecule has 176 valence electrons. The second kappa shape index (κ2) is 6.16. The largest absolute Gasteiger partial charge is 0.339 e. The minimum Gasteiger partial charge on any atom is -0.339 e. The normalized spacial score (nSPS) is 14.5. The van der Waals surface area contributed by atoms with Gasteiger partial charge in [-0.05, 0) is 52.9 Å². The Morgan fingerprint density at radius 1 is 0.649 bits per heavy atom. The first-order valence-electron chi connectivity index (χ1n) is 12.8. The van der Waals surface area contributed by atoms with Crippen LogP contribution in [0.15, 0.2) is 97.2 Å². The Labute approximate surface area is 213 Å². The first-order valence-corrected chi connectivity index (χ1v) is 12.8. The van der Waals surface area contributed by atoms with E-state index in [4.69, 9.17) is 5.84 Å². The van der Waals surface area contributed by atoms with E-state index in [1.807, 2.05) is 4.68 Å². The van der Waals surface area contributed by atoms with Gasteiger partial charge in [0.15, 0.2) is 0 Å². The molecule has 1 aliphatic carbocycles. The molecule has 0 atom stereocenters. The maximum atomic E-state index is 6.77. The summed E-state index contributed by atoms with van der Waals surface area (Å²) in [4.78, 5) is 0. The van der Waals surface area contributed by atoms with E-state index < -0.39 is 0 Å². The molecular weight excluding hydrogens is 452 g/mol. The Morgan fingerprint density at radius 2 is 1.43 bits per heavy atom. The van der Waals surface area contributed by atoms with Gasteiger partial charge in [0.25, 0.3) is 0 Å². The lowest BCUT2D eigenvalue weighted by Gasteiger charge is -2.22. The molecule has 9 rings (SSSR count). The fourth-order valence-corrected chi connectivity index (χ4v) is 7.32. The SMILES string of the molecule is CC1(C)c2ccccc2-c2c1c1cccc3c1c1c(ccc4c5c(ccn5-c5ccccc5)n2c41)n3N. The van der Waals surface area contributed by atoms with E-state index in [0.717, 1.165) is 16.7 Å². The number of rotatable bonds is 1. The molecule has 0 saturated heterocycles. The van der Waals surface area contributed by atoms with E-state index in [0.29, 0.717) is 0 Å². The van der Waals surface area contributed by atoms with Crippen molar-refractivity contribution >= 4 is 49.1 Å². The summed E-state index contributed by atoms with van der Waals surface area (Å²) in [5.41, 5.74) is 12.2. The van der Waals surface area contributed by atoms with E-state index in [2.05, 4.69) is 120 Å². The molecule has 37 heavy (non-hydrogen) atoms. The Morgan fingerprint density at radius 3 is 2.30 bits per heavy atom. The topological polar surface area (TPSA) is 40.3 Å². The molecule has 4 aromatic carbocycles. The van der Waals surface area contributed by atoms with Crippen molar-refractivity contribution in [2.75, 3.05) is 5.84 Å². The molecule has 4 aromatic heterocycles. The molecule has 0 amide bonds. The zero-order chi connectivity index (χ0) is 24.6. The van der Waals surface area contributed by atoms with Crippen molar-refractivity contribution in [1.29, 1.82) is 0 Å². The van der Waals surface area contributed by atoms with Crippen LogP contribution < -0.4 is 5.84 Å². The molecule has 4 heterocycles. The Hall–Kier alpha value is -4.70. The van der Waals surface area contributed by atoms with Crippen LogP contribution in [0.1, 0.15) is 25.0 Å². The lowest BCUT2D eigenvalue weighted by atomic mass is 9.81. The highest BCUT2D eigenvalue weighted by Crippen LogP contribution is 2.54.